The average molecular weight is 766 g/mol. The van der Waals surface area contributed by atoms with E-state index in [1.165, 1.54) is 54.6 Å². The molecule has 49 heavy (non-hydrogen) atoms. The van der Waals surface area contributed by atoms with Gasteiger partial charge in [0.2, 0.25) is 0 Å². The van der Waals surface area contributed by atoms with Crippen LogP contribution in [0.2, 0.25) is 0 Å². The molecule has 3 aliphatic carbocycles. The van der Waals surface area contributed by atoms with Crippen molar-refractivity contribution in [1.82, 2.24) is 0 Å². The van der Waals surface area contributed by atoms with E-state index in [2.05, 4.69) is 199 Å². The second kappa shape index (κ2) is 14.9. The summed E-state index contributed by atoms with van der Waals surface area (Å²) < 4.78 is 2.64. The Hall–Kier alpha value is -4.54. The number of rotatable bonds is 10. The van der Waals surface area contributed by atoms with Gasteiger partial charge in [0.15, 0.2) is 0 Å². The number of fused-ring (bicyclic) bond motifs is 1. The molecule has 0 saturated heterocycles. The van der Waals surface area contributed by atoms with Crippen molar-refractivity contribution in [2.24, 2.45) is 0 Å². The van der Waals surface area contributed by atoms with Crippen LogP contribution in [0.5, 0.6) is 0 Å². The van der Waals surface area contributed by atoms with Gasteiger partial charge in [-0.3, -0.25) is 0 Å². The van der Waals surface area contributed by atoms with Gasteiger partial charge in [-0.05, 0) is 0 Å². The first-order valence-electron chi connectivity index (χ1n) is 16.8. The molecular formula is C46H40INS. The van der Waals surface area contributed by atoms with Gasteiger partial charge in [0, 0.05) is 0 Å². The summed E-state index contributed by atoms with van der Waals surface area (Å²) in [5.74, 6) is 0. The van der Waals surface area contributed by atoms with Crippen LogP contribution in [-0.2, 0) is 13.5 Å². The average Bonchev–Trinajstić information content (AvgIpc) is 3.25. The predicted octanol–water partition coefficient (Wildman–Crippen LogP) is 9.07. The summed E-state index contributed by atoms with van der Waals surface area (Å²) >= 11 is -0.576. The van der Waals surface area contributed by atoms with E-state index >= 15 is 0 Å². The maximum absolute atomic E-state index is 4.45. The maximum atomic E-state index is 4.45. The molecule has 0 aromatic heterocycles. The summed E-state index contributed by atoms with van der Waals surface area (Å²) in [6.45, 7) is 8.66. The van der Waals surface area contributed by atoms with Gasteiger partial charge in [-0.15, -0.1) is 0 Å². The van der Waals surface area contributed by atoms with Crippen molar-refractivity contribution in [2.75, 3.05) is 3.11 Å². The van der Waals surface area contributed by atoms with Crippen LogP contribution in [0, 0.1) is 0 Å². The molecule has 0 heterocycles. The number of nitrogens with zero attached hydrogens (tertiary/aromatic N) is 1. The Kier molecular flexibility index (Phi) is 10.0. The first-order chi connectivity index (χ1) is 24.1. The third-order valence-corrected chi connectivity index (χ3v) is 17.3. The molecule has 2 atom stereocenters. The monoisotopic (exact) mass is 765 g/mol. The minimum absolute atomic E-state index is 0.0542. The Bertz CT molecular complexity index is 2110. The zero-order valence-electron chi connectivity index (χ0n) is 28.0. The SMILES string of the molecule is C=CC1=C(/C=C\C)c2ccc(N([I-][S+](C3=CCCC=C3)c3ccccc3)c3ccccc3)cc2C1(C1=CC=C=C(C)C=C1)c1ccccc1. The van der Waals surface area contributed by atoms with Crippen molar-refractivity contribution in [2.45, 2.75) is 37.0 Å². The van der Waals surface area contributed by atoms with Crippen molar-refractivity contribution in [3.8, 4) is 0 Å². The summed E-state index contributed by atoms with van der Waals surface area (Å²) in [7, 11) is -0.0542. The van der Waals surface area contributed by atoms with Crippen LogP contribution < -0.4 is 23.2 Å². The van der Waals surface area contributed by atoms with Crippen molar-refractivity contribution >= 4 is 25.0 Å². The van der Waals surface area contributed by atoms with Crippen LogP contribution >= 0.6 is 0 Å². The summed E-state index contributed by atoms with van der Waals surface area (Å²) in [5.41, 5.74) is 13.8. The molecule has 1 nitrogen and oxygen atoms in total. The number of allylic oxidation sites excluding steroid dienone is 13. The molecule has 4 aromatic rings. The Morgan fingerprint density at radius 1 is 0.837 bits per heavy atom. The summed E-state index contributed by atoms with van der Waals surface area (Å²) in [4.78, 5) is 2.86. The molecule has 0 N–H and O–H groups in total. The van der Waals surface area contributed by atoms with Crippen LogP contribution in [0.1, 0.15) is 43.4 Å². The van der Waals surface area contributed by atoms with E-state index in [0.717, 1.165) is 18.4 Å². The number of anilines is 2. The van der Waals surface area contributed by atoms with E-state index in [1.54, 1.807) is 0 Å². The van der Waals surface area contributed by atoms with Crippen molar-refractivity contribution in [3.05, 3.63) is 221 Å². The van der Waals surface area contributed by atoms with Crippen molar-refractivity contribution in [1.29, 1.82) is 0 Å². The van der Waals surface area contributed by atoms with Gasteiger partial charge in [0.05, 0.1) is 0 Å². The fourth-order valence-electron chi connectivity index (χ4n) is 6.94. The Morgan fingerprint density at radius 2 is 1.57 bits per heavy atom. The van der Waals surface area contributed by atoms with Crippen LogP contribution in [0.3, 0.4) is 0 Å². The van der Waals surface area contributed by atoms with Crippen molar-refractivity contribution < 1.29 is 20.1 Å². The zero-order valence-corrected chi connectivity index (χ0v) is 31.0. The fraction of sp³-hybridized carbons (Fsp3) is 0.109. The quantitative estimate of drug-likeness (QED) is 0.0675. The van der Waals surface area contributed by atoms with E-state index in [-0.39, 0.29) is 8.07 Å². The number of para-hydroxylation sites is 1. The molecule has 0 saturated carbocycles. The fourth-order valence-corrected chi connectivity index (χ4v) is 14.9. The van der Waals surface area contributed by atoms with Crippen LogP contribution in [0.15, 0.2) is 209 Å². The van der Waals surface area contributed by atoms with Gasteiger partial charge < -0.3 is 0 Å². The van der Waals surface area contributed by atoms with E-state index in [1.807, 2.05) is 0 Å². The Balaban J connectivity index is 1.47. The van der Waals surface area contributed by atoms with E-state index < -0.39 is 25.5 Å². The van der Waals surface area contributed by atoms with E-state index in [4.69, 9.17) is 0 Å². The molecule has 0 aliphatic heterocycles. The van der Waals surface area contributed by atoms with Crippen LogP contribution in [0.4, 0.5) is 11.4 Å². The normalized spacial score (nSPS) is 18.9. The predicted molar refractivity (Wildman–Crippen MR) is 207 cm³/mol. The van der Waals surface area contributed by atoms with Crippen LogP contribution in [0.25, 0.3) is 5.57 Å². The Morgan fingerprint density at radius 3 is 2.27 bits per heavy atom. The van der Waals surface area contributed by atoms with Crippen LogP contribution in [-0.4, -0.2) is 0 Å². The molecule has 0 spiro atoms. The number of benzene rings is 4. The molecule has 3 aliphatic rings. The van der Waals surface area contributed by atoms with E-state index in [0.29, 0.717) is 0 Å². The molecular weight excluding hydrogens is 725 g/mol. The first-order valence-corrected chi connectivity index (χ1v) is 21.6. The summed E-state index contributed by atoms with van der Waals surface area (Å²) in [6.07, 6.45) is 24.7. The Labute approximate surface area is 303 Å². The van der Waals surface area contributed by atoms with Gasteiger partial charge in [0.25, 0.3) is 0 Å². The van der Waals surface area contributed by atoms with E-state index in [9.17, 15) is 0 Å². The molecule has 3 heteroatoms. The molecule has 7 rings (SSSR count). The minimum atomic E-state index is -0.576. The van der Waals surface area contributed by atoms with Gasteiger partial charge >= 0.3 is 306 Å². The summed E-state index contributed by atoms with van der Waals surface area (Å²) in [6, 6.07) is 40.3. The van der Waals surface area contributed by atoms with Gasteiger partial charge in [-0.25, -0.2) is 0 Å². The second-order valence-corrected chi connectivity index (χ2v) is 18.6. The molecule has 4 aromatic carbocycles. The molecule has 0 radical (unpaired) electrons. The molecule has 0 amide bonds. The van der Waals surface area contributed by atoms with Gasteiger partial charge in [0.1, 0.15) is 0 Å². The molecule has 242 valence electrons. The topological polar surface area (TPSA) is 3.24 Å². The third-order valence-electron chi connectivity index (χ3n) is 9.12. The van der Waals surface area contributed by atoms with Gasteiger partial charge in [-0.2, -0.15) is 0 Å². The first kappa shape index (κ1) is 33.0. The number of halogens is 1. The standard InChI is InChI=1S/C46H40INS/c1-4-19-42-43-33-32-39(34-45(43)46(44(42)5-2,36-21-10-6-11-22-36)37-23-18-20-35(3)30-31-37)48(38-24-12-7-13-25-38)47-49(40-26-14-8-15-27-40)41-28-16-9-17-29-41/h4-8,10-16,18-19,21-34H,2,9,17H2,1,3H3/b19-4-. The summed E-state index contributed by atoms with van der Waals surface area (Å²) in [5, 5.41) is 0. The third kappa shape index (κ3) is 6.35. The van der Waals surface area contributed by atoms with Crippen molar-refractivity contribution in [3.63, 3.8) is 0 Å². The molecule has 0 fully saturated rings. The second-order valence-electron chi connectivity index (χ2n) is 12.2. The number of hydrogen-bond acceptors (Lipinski definition) is 1. The molecule has 2 unspecified atom stereocenters. The van der Waals surface area contributed by atoms with Gasteiger partial charge in [-0.1, -0.05) is 0 Å². The molecule has 0 bridgehead atoms. The number of hydrogen-bond donors (Lipinski definition) is 0. The zero-order chi connectivity index (χ0) is 33.6.